The van der Waals surface area contributed by atoms with Crippen LogP contribution in [-0.2, 0) is 19.3 Å². The highest BCUT2D eigenvalue weighted by molar-refractivity contribution is 7.12. The van der Waals surface area contributed by atoms with Crippen LogP contribution in [0.2, 0.25) is 0 Å². The van der Waals surface area contributed by atoms with Gasteiger partial charge in [0.05, 0.1) is 18.5 Å². The van der Waals surface area contributed by atoms with Crippen LogP contribution in [0.25, 0.3) is 16.9 Å². The molecule has 0 spiro atoms. The van der Waals surface area contributed by atoms with E-state index in [1.807, 2.05) is 35.6 Å². The Bertz CT molecular complexity index is 970. The summed E-state index contributed by atoms with van der Waals surface area (Å²) in [7, 11) is 1.63. The molecule has 0 N–H and O–H groups in total. The normalized spacial score (nSPS) is 13.0. The number of thiophene rings is 1. The molecule has 4 nitrogen and oxygen atoms in total. The second-order valence-corrected chi connectivity index (χ2v) is 7.44. The third-order valence-electron chi connectivity index (χ3n) is 4.64. The van der Waals surface area contributed by atoms with Crippen LogP contribution in [0, 0.1) is 0 Å². The van der Waals surface area contributed by atoms with Crippen molar-refractivity contribution in [1.82, 2.24) is 9.78 Å². The van der Waals surface area contributed by atoms with Crippen molar-refractivity contribution in [2.75, 3.05) is 7.11 Å². The number of benzene rings is 1. The summed E-state index contributed by atoms with van der Waals surface area (Å²) in [6.07, 6.45) is 4.07. The molecule has 1 aromatic carbocycles. The van der Waals surface area contributed by atoms with Crippen molar-refractivity contribution in [2.24, 2.45) is 0 Å². The molecule has 0 unspecified atom stereocenters. The maximum absolute atomic E-state index is 12.6. The van der Waals surface area contributed by atoms with Crippen LogP contribution in [0.5, 0.6) is 5.75 Å². The summed E-state index contributed by atoms with van der Waals surface area (Å²) in [6.45, 7) is 2.18. The molecule has 25 heavy (non-hydrogen) atoms. The number of hydrogen-bond donors (Lipinski definition) is 0. The van der Waals surface area contributed by atoms with E-state index >= 15 is 0 Å². The summed E-state index contributed by atoms with van der Waals surface area (Å²) in [4.78, 5) is 15.4. The summed E-state index contributed by atoms with van der Waals surface area (Å²) < 4.78 is 6.69. The SMILES string of the molecule is CCc1cc2c(s1)CCCc1cc(=O)n(-c3ccc(OC)cc3)nc1-2. The van der Waals surface area contributed by atoms with Gasteiger partial charge in [-0.1, -0.05) is 6.92 Å². The second kappa shape index (κ2) is 6.48. The van der Waals surface area contributed by atoms with E-state index < -0.39 is 0 Å². The molecule has 5 heteroatoms. The Balaban J connectivity index is 1.88. The monoisotopic (exact) mass is 352 g/mol. The van der Waals surface area contributed by atoms with Crippen LogP contribution in [0.4, 0.5) is 0 Å². The number of nitrogens with zero attached hydrogens (tertiary/aromatic N) is 2. The average molecular weight is 352 g/mol. The fourth-order valence-electron chi connectivity index (χ4n) is 3.30. The van der Waals surface area contributed by atoms with Gasteiger partial charge in [-0.05, 0) is 61.6 Å². The molecule has 128 valence electrons. The zero-order valence-corrected chi connectivity index (χ0v) is 15.2. The lowest BCUT2D eigenvalue weighted by Gasteiger charge is -2.10. The van der Waals surface area contributed by atoms with Crippen LogP contribution < -0.4 is 10.3 Å². The molecule has 3 aromatic rings. The van der Waals surface area contributed by atoms with E-state index in [0.717, 1.165) is 48.4 Å². The molecular formula is C20H20N2O2S. The first-order valence-corrected chi connectivity index (χ1v) is 9.41. The molecule has 0 bridgehead atoms. The molecule has 0 amide bonds. The molecular weight excluding hydrogens is 332 g/mol. The molecule has 0 fully saturated rings. The Morgan fingerprint density at radius 3 is 2.72 bits per heavy atom. The molecule has 1 aliphatic rings. The standard InChI is InChI=1S/C20H20N2O2S/c1-3-16-12-17-18(25-16)6-4-5-13-11-19(23)22(21-20(13)17)14-7-9-15(24-2)10-8-14/h7-12H,3-6H2,1-2H3. The van der Waals surface area contributed by atoms with Gasteiger partial charge in [0.2, 0.25) is 0 Å². The predicted octanol–water partition coefficient (Wildman–Crippen LogP) is 4.02. The van der Waals surface area contributed by atoms with Crippen molar-refractivity contribution >= 4 is 11.3 Å². The van der Waals surface area contributed by atoms with Crippen LogP contribution in [0.3, 0.4) is 0 Å². The van der Waals surface area contributed by atoms with Crippen molar-refractivity contribution in [2.45, 2.75) is 32.6 Å². The van der Waals surface area contributed by atoms with Gasteiger partial charge in [0, 0.05) is 21.4 Å². The molecule has 0 aliphatic heterocycles. The van der Waals surface area contributed by atoms with Gasteiger partial charge in [-0.25, -0.2) is 0 Å². The Kier molecular flexibility index (Phi) is 4.17. The van der Waals surface area contributed by atoms with Crippen molar-refractivity contribution in [1.29, 1.82) is 0 Å². The number of aromatic nitrogens is 2. The Morgan fingerprint density at radius 1 is 1.20 bits per heavy atom. The first-order chi connectivity index (χ1) is 12.2. The van der Waals surface area contributed by atoms with Crippen molar-refractivity contribution in [3.63, 3.8) is 0 Å². The van der Waals surface area contributed by atoms with E-state index in [1.165, 1.54) is 20.0 Å². The third-order valence-corrected chi connectivity index (χ3v) is 5.98. The lowest BCUT2D eigenvalue weighted by Crippen LogP contribution is -2.22. The summed E-state index contributed by atoms with van der Waals surface area (Å²) >= 11 is 1.88. The Hall–Kier alpha value is -2.40. The van der Waals surface area contributed by atoms with Crippen molar-refractivity contribution in [3.8, 4) is 22.7 Å². The molecule has 0 atom stereocenters. The lowest BCUT2D eigenvalue weighted by molar-refractivity contribution is 0.414. The van der Waals surface area contributed by atoms with Gasteiger partial charge in [-0.3, -0.25) is 4.79 Å². The van der Waals surface area contributed by atoms with Crippen molar-refractivity contribution in [3.05, 3.63) is 62.1 Å². The van der Waals surface area contributed by atoms with E-state index in [2.05, 4.69) is 13.0 Å². The van der Waals surface area contributed by atoms with Gasteiger partial charge < -0.3 is 4.74 Å². The topological polar surface area (TPSA) is 44.1 Å². The highest BCUT2D eigenvalue weighted by Gasteiger charge is 2.20. The van der Waals surface area contributed by atoms with E-state index in [0.29, 0.717) is 0 Å². The minimum absolute atomic E-state index is 0.0849. The predicted molar refractivity (Wildman–Crippen MR) is 101 cm³/mol. The summed E-state index contributed by atoms with van der Waals surface area (Å²) in [5.41, 5.74) is 3.90. The smallest absolute Gasteiger partial charge is 0.271 e. The summed E-state index contributed by atoms with van der Waals surface area (Å²) in [5.74, 6) is 0.763. The molecule has 2 heterocycles. The Morgan fingerprint density at radius 2 is 2.00 bits per heavy atom. The fraction of sp³-hybridized carbons (Fsp3) is 0.300. The number of fused-ring (bicyclic) bond motifs is 3. The molecule has 0 radical (unpaired) electrons. The van der Waals surface area contributed by atoms with E-state index in [9.17, 15) is 4.79 Å². The number of hydrogen-bond acceptors (Lipinski definition) is 4. The molecule has 4 rings (SSSR count). The molecule has 0 saturated carbocycles. The molecule has 2 aromatic heterocycles. The number of ether oxygens (including phenoxy) is 1. The molecule has 1 aliphatic carbocycles. The highest BCUT2D eigenvalue weighted by atomic mass is 32.1. The van der Waals surface area contributed by atoms with Crippen LogP contribution in [0.1, 0.15) is 28.7 Å². The van der Waals surface area contributed by atoms with Gasteiger partial charge in [0.25, 0.3) is 5.56 Å². The lowest BCUT2D eigenvalue weighted by atomic mass is 10.1. The summed E-state index contributed by atoms with van der Waals surface area (Å²) in [5, 5.41) is 4.76. The van der Waals surface area contributed by atoms with Crippen LogP contribution in [-0.4, -0.2) is 16.9 Å². The minimum atomic E-state index is -0.0849. The fourth-order valence-corrected chi connectivity index (χ4v) is 4.45. The average Bonchev–Trinajstić information content (AvgIpc) is 2.98. The first kappa shape index (κ1) is 16.1. The zero-order valence-electron chi connectivity index (χ0n) is 14.4. The van der Waals surface area contributed by atoms with Gasteiger partial charge in [0.15, 0.2) is 0 Å². The van der Waals surface area contributed by atoms with Gasteiger partial charge >= 0.3 is 0 Å². The summed E-state index contributed by atoms with van der Waals surface area (Å²) in [6, 6.07) is 11.4. The van der Waals surface area contributed by atoms with Crippen molar-refractivity contribution < 1.29 is 4.74 Å². The zero-order chi connectivity index (χ0) is 17.4. The number of aryl methyl sites for hydroxylation is 3. The van der Waals surface area contributed by atoms with E-state index in [4.69, 9.17) is 9.84 Å². The first-order valence-electron chi connectivity index (χ1n) is 8.59. The molecule has 0 saturated heterocycles. The van der Waals surface area contributed by atoms with Crippen LogP contribution >= 0.6 is 11.3 Å². The maximum atomic E-state index is 12.6. The number of rotatable bonds is 3. The van der Waals surface area contributed by atoms with E-state index in [-0.39, 0.29) is 5.56 Å². The second-order valence-electron chi connectivity index (χ2n) is 6.22. The highest BCUT2D eigenvalue weighted by Crippen LogP contribution is 2.36. The minimum Gasteiger partial charge on any atom is -0.497 e. The number of methoxy groups -OCH3 is 1. The van der Waals surface area contributed by atoms with Gasteiger partial charge in [-0.15, -0.1) is 11.3 Å². The maximum Gasteiger partial charge on any atom is 0.271 e. The van der Waals surface area contributed by atoms with Gasteiger partial charge in [-0.2, -0.15) is 9.78 Å². The quantitative estimate of drug-likeness (QED) is 0.715. The largest absolute Gasteiger partial charge is 0.497 e. The van der Waals surface area contributed by atoms with E-state index in [1.54, 1.807) is 13.2 Å². The third kappa shape index (κ3) is 2.89. The Labute approximate surface area is 150 Å². The van der Waals surface area contributed by atoms with Gasteiger partial charge in [0.1, 0.15) is 5.75 Å². The van der Waals surface area contributed by atoms with Crippen LogP contribution in [0.15, 0.2) is 41.2 Å².